The number of benzene rings is 1. The predicted octanol–water partition coefficient (Wildman–Crippen LogP) is 4.91. The first-order valence-corrected chi connectivity index (χ1v) is 9.07. The maximum absolute atomic E-state index is 11.5. The first-order valence-electron chi connectivity index (χ1n) is 8.28. The second kappa shape index (κ2) is 9.06. The highest BCUT2D eigenvalue weighted by atomic mass is 79.9. The maximum atomic E-state index is 11.5. The summed E-state index contributed by atoms with van der Waals surface area (Å²) in [7, 11) is 0. The minimum absolute atomic E-state index is 0.199. The van der Waals surface area contributed by atoms with Crippen LogP contribution in [0, 0.1) is 6.92 Å². The molecule has 2 atom stereocenters. The lowest BCUT2D eigenvalue weighted by molar-refractivity contribution is -0.151. The molecule has 25 heavy (non-hydrogen) atoms. The molecule has 0 aliphatic rings. The van der Waals surface area contributed by atoms with Crippen LogP contribution in [0.4, 0.5) is 0 Å². The summed E-state index contributed by atoms with van der Waals surface area (Å²) in [6.45, 7) is 6.43. The summed E-state index contributed by atoms with van der Waals surface area (Å²) in [5.74, 6) is 0.334. The van der Waals surface area contributed by atoms with E-state index >= 15 is 0 Å². The third kappa shape index (κ3) is 5.09. The Hall–Kier alpha value is -1.79. The lowest BCUT2D eigenvalue weighted by Gasteiger charge is -2.23. The molecule has 0 aliphatic carbocycles. The Morgan fingerprint density at radius 2 is 1.96 bits per heavy atom. The van der Waals surface area contributed by atoms with Crippen molar-refractivity contribution in [3.05, 3.63) is 51.9 Å². The fourth-order valence-corrected chi connectivity index (χ4v) is 3.28. The van der Waals surface area contributed by atoms with Crippen LogP contribution in [0.25, 0.3) is 0 Å². The van der Waals surface area contributed by atoms with Crippen molar-refractivity contribution < 1.29 is 23.8 Å². The number of furan rings is 1. The van der Waals surface area contributed by atoms with E-state index in [-0.39, 0.29) is 5.92 Å². The van der Waals surface area contributed by atoms with Crippen LogP contribution < -0.4 is 4.74 Å². The van der Waals surface area contributed by atoms with Gasteiger partial charge in [0.05, 0.1) is 0 Å². The minimum atomic E-state index is -0.937. The molecule has 0 fully saturated rings. The number of hydrogen-bond donors (Lipinski definition) is 1. The molecule has 1 N–H and O–H groups in total. The van der Waals surface area contributed by atoms with Gasteiger partial charge in [-0.15, -0.1) is 0 Å². The molecule has 2 rings (SSSR count). The van der Waals surface area contributed by atoms with Crippen LogP contribution in [0.2, 0.25) is 0 Å². The predicted molar refractivity (Wildman–Crippen MR) is 98.0 cm³/mol. The van der Waals surface area contributed by atoms with Crippen LogP contribution in [-0.4, -0.2) is 23.8 Å². The minimum Gasteiger partial charge on any atom is -0.486 e. The van der Waals surface area contributed by atoms with Crippen molar-refractivity contribution in [2.24, 2.45) is 0 Å². The smallest absolute Gasteiger partial charge is 0.333 e. The number of carboxylic acids is 1. The molecule has 0 saturated carbocycles. The van der Waals surface area contributed by atoms with Gasteiger partial charge in [-0.3, -0.25) is 0 Å². The molecule has 1 aromatic heterocycles. The molecule has 6 heteroatoms. The normalized spacial score (nSPS) is 13.4. The van der Waals surface area contributed by atoms with E-state index in [4.69, 9.17) is 13.9 Å². The SMILES string of the molecule is CCOC(C(=O)O)C(CC)c1ccc(OCc2oc(Br)cc2C)cc1. The average Bonchev–Trinajstić information content (AvgIpc) is 2.91. The van der Waals surface area contributed by atoms with Gasteiger partial charge in [-0.2, -0.15) is 0 Å². The Bertz CT molecular complexity index is 692. The summed E-state index contributed by atoms with van der Waals surface area (Å²) in [5.41, 5.74) is 1.95. The van der Waals surface area contributed by atoms with E-state index in [0.29, 0.717) is 30.1 Å². The van der Waals surface area contributed by atoms with Crippen LogP contribution in [0.1, 0.15) is 43.1 Å². The fourth-order valence-electron chi connectivity index (χ4n) is 2.75. The molecular formula is C19H23BrO5. The number of aliphatic carboxylic acids is 1. The van der Waals surface area contributed by atoms with Crippen LogP contribution in [-0.2, 0) is 16.1 Å². The fraction of sp³-hybridized carbons (Fsp3) is 0.421. The lowest BCUT2D eigenvalue weighted by atomic mass is 9.91. The van der Waals surface area contributed by atoms with Gasteiger partial charge < -0.3 is 19.0 Å². The van der Waals surface area contributed by atoms with E-state index in [9.17, 15) is 9.90 Å². The van der Waals surface area contributed by atoms with E-state index in [1.54, 1.807) is 6.92 Å². The summed E-state index contributed by atoms with van der Waals surface area (Å²) in [4.78, 5) is 11.5. The molecule has 1 aromatic carbocycles. The number of carboxylic acid groups (broad SMARTS) is 1. The molecular weight excluding hydrogens is 388 g/mol. The number of carbonyl (C=O) groups is 1. The topological polar surface area (TPSA) is 68.9 Å². The maximum Gasteiger partial charge on any atom is 0.333 e. The van der Waals surface area contributed by atoms with E-state index in [1.807, 2.05) is 44.2 Å². The molecule has 2 aromatic rings. The average molecular weight is 411 g/mol. The molecule has 0 aliphatic heterocycles. The van der Waals surface area contributed by atoms with Crippen molar-refractivity contribution in [1.82, 2.24) is 0 Å². The second-order valence-corrected chi connectivity index (χ2v) is 6.52. The van der Waals surface area contributed by atoms with Crippen LogP contribution in [0.15, 0.2) is 39.4 Å². The third-order valence-corrected chi connectivity index (χ3v) is 4.45. The van der Waals surface area contributed by atoms with Gasteiger partial charge in [0, 0.05) is 12.5 Å². The van der Waals surface area contributed by atoms with Gasteiger partial charge in [0.1, 0.15) is 18.1 Å². The molecule has 1 heterocycles. The zero-order chi connectivity index (χ0) is 18.4. The summed E-state index contributed by atoms with van der Waals surface area (Å²) < 4.78 is 17.4. The summed E-state index contributed by atoms with van der Waals surface area (Å²) in [6, 6.07) is 9.37. The first kappa shape index (κ1) is 19.5. The highest BCUT2D eigenvalue weighted by Crippen LogP contribution is 2.28. The van der Waals surface area contributed by atoms with Gasteiger partial charge in [0.25, 0.3) is 0 Å². The van der Waals surface area contributed by atoms with Crippen LogP contribution >= 0.6 is 15.9 Å². The zero-order valence-electron chi connectivity index (χ0n) is 14.6. The van der Waals surface area contributed by atoms with Crippen molar-refractivity contribution in [3.8, 4) is 5.75 Å². The van der Waals surface area contributed by atoms with Gasteiger partial charge in [-0.25, -0.2) is 4.79 Å². The first-order chi connectivity index (χ1) is 12.0. The van der Waals surface area contributed by atoms with Gasteiger partial charge in [0.15, 0.2) is 10.8 Å². The number of ether oxygens (including phenoxy) is 2. The molecule has 0 radical (unpaired) electrons. The van der Waals surface area contributed by atoms with E-state index in [1.165, 1.54) is 0 Å². The summed E-state index contributed by atoms with van der Waals surface area (Å²) in [6.07, 6.45) is -0.165. The standard InChI is InChI=1S/C19H23BrO5/c1-4-15(18(19(21)22)23-5-2)13-6-8-14(9-7-13)24-11-16-12(3)10-17(20)25-16/h6-10,15,18H,4-5,11H2,1-3H3,(H,21,22). The molecule has 5 nitrogen and oxygen atoms in total. The highest BCUT2D eigenvalue weighted by molar-refractivity contribution is 9.10. The van der Waals surface area contributed by atoms with Crippen molar-refractivity contribution >= 4 is 21.9 Å². The van der Waals surface area contributed by atoms with Gasteiger partial charge >= 0.3 is 5.97 Å². The zero-order valence-corrected chi connectivity index (χ0v) is 16.2. The Balaban J connectivity index is 2.06. The van der Waals surface area contributed by atoms with Gasteiger partial charge in [-0.05, 0) is 65.5 Å². The Kier molecular flexibility index (Phi) is 7.08. The summed E-state index contributed by atoms with van der Waals surface area (Å²) >= 11 is 3.30. The number of aryl methyl sites for hydroxylation is 1. The molecule has 0 amide bonds. The number of hydrogen-bond acceptors (Lipinski definition) is 4. The molecule has 0 spiro atoms. The second-order valence-electron chi connectivity index (χ2n) is 5.74. The molecule has 136 valence electrons. The third-order valence-electron chi connectivity index (χ3n) is 4.06. The Morgan fingerprint density at radius 1 is 1.28 bits per heavy atom. The van der Waals surface area contributed by atoms with E-state index in [2.05, 4.69) is 15.9 Å². The number of halogens is 1. The largest absolute Gasteiger partial charge is 0.486 e. The van der Waals surface area contributed by atoms with Crippen LogP contribution in [0.3, 0.4) is 0 Å². The van der Waals surface area contributed by atoms with Crippen LogP contribution in [0.5, 0.6) is 5.75 Å². The molecule has 0 bridgehead atoms. The number of rotatable bonds is 9. The van der Waals surface area contributed by atoms with Crippen molar-refractivity contribution in [2.75, 3.05) is 6.61 Å². The Morgan fingerprint density at radius 3 is 2.44 bits per heavy atom. The quantitative estimate of drug-likeness (QED) is 0.635. The molecule has 0 saturated heterocycles. The lowest BCUT2D eigenvalue weighted by Crippen LogP contribution is -2.30. The summed E-state index contributed by atoms with van der Waals surface area (Å²) in [5, 5.41) is 9.40. The highest BCUT2D eigenvalue weighted by Gasteiger charge is 2.28. The Labute approximate surface area is 156 Å². The monoisotopic (exact) mass is 410 g/mol. The van der Waals surface area contributed by atoms with Gasteiger partial charge in [-0.1, -0.05) is 19.1 Å². The molecule has 2 unspecified atom stereocenters. The van der Waals surface area contributed by atoms with Crippen molar-refractivity contribution in [2.45, 2.75) is 45.8 Å². The van der Waals surface area contributed by atoms with Gasteiger partial charge in [0.2, 0.25) is 0 Å². The van der Waals surface area contributed by atoms with E-state index in [0.717, 1.165) is 16.9 Å². The van der Waals surface area contributed by atoms with Crippen molar-refractivity contribution in [1.29, 1.82) is 0 Å². The van der Waals surface area contributed by atoms with Crippen molar-refractivity contribution in [3.63, 3.8) is 0 Å². The van der Waals surface area contributed by atoms with E-state index < -0.39 is 12.1 Å².